The first-order valence-corrected chi connectivity index (χ1v) is 35.4. The van der Waals surface area contributed by atoms with Crippen molar-refractivity contribution in [3.8, 4) is 0 Å². The van der Waals surface area contributed by atoms with Crippen LogP contribution in [0.25, 0.3) is 0 Å². The molecule has 3 aliphatic carbocycles. The minimum absolute atomic E-state index is 0.0105. The molecule has 520 valence electrons. The van der Waals surface area contributed by atoms with E-state index in [1.54, 1.807) is 99.6 Å². The molecule has 3 N–H and O–H groups in total. The minimum Gasteiger partial charge on any atom is -0.461 e. The molecule has 3 fully saturated rings. The monoisotopic (exact) mass is 1350 g/mol. The molecule has 4 aliphatic rings. The van der Waals surface area contributed by atoms with Gasteiger partial charge in [-0.05, 0) is 78.5 Å². The fourth-order valence-corrected chi connectivity index (χ4v) is 14.3. The number of carbonyl (C=O) groups is 8. The second-order valence-electron chi connectivity index (χ2n) is 26.9. The van der Waals surface area contributed by atoms with Gasteiger partial charge in [-0.3, -0.25) is 24.0 Å². The first-order chi connectivity index (χ1) is 45.6. The average molecular weight is 1350 g/mol. The van der Waals surface area contributed by atoms with E-state index in [-0.39, 0.29) is 102 Å². The number of ether oxygens (including phenoxy) is 11. The molecule has 11 atom stereocenters. The third-order valence-electron chi connectivity index (χ3n) is 19.2. The summed E-state index contributed by atoms with van der Waals surface area (Å²) in [6.45, 7) is 19.8. The molecule has 1 unspecified atom stereocenters. The molecule has 0 aromatic heterocycles. The number of aliphatic hydroxyl groups is 1. The normalized spacial score (nSPS) is 24.9. The van der Waals surface area contributed by atoms with Crippen LogP contribution in [0.15, 0.2) is 132 Å². The molecule has 0 spiro atoms. The zero-order valence-electron chi connectivity index (χ0n) is 56.7. The van der Waals surface area contributed by atoms with Gasteiger partial charge in [-0.25, -0.2) is 14.4 Å². The molecular weight excluding hydrogens is 1260 g/mol. The number of Topliss-reactive ketones (excluding diaryl/α,β-unsaturated/α-hetero) is 1. The van der Waals surface area contributed by atoms with Crippen molar-refractivity contribution in [3.63, 3.8) is 0 Å². The smallest absolute Gasteiger partial charge is 0.407 e. The second-order valence-corrected chi connectivity index (χ2v) is 31.6. The van der Waals surface area contributed by atoms with Crippen LogP contribution in [-0.4, -0.2) is 175 Å². The van der Waals surface area contributed by atoms with Crippen LogP contribution in [0, 0.1) is 16.7 Å². The van der Waals surface area contributed by atoms with E-state index >= 15 is 9.59 Å². The van der Waals surface area contributed by atoms with Crippen LogP contribution in [0.2, 0.25) is 18.1 Å². The van der Waals surface area contributed by atoms with Gasteiger partial charge in [-0.15, -0.1) is 0 Å². The second kappa shape index (κ2) is 32.1. The van der Waals surface area contributed by atoms with E-state index in [4.69, 9.17) is 56.5 Å². The Hall–Kier alpha value is -7.68. The highest BCUT2D eigenvalue weighted by Crippen LogP contribution is 2.65. The summed E-state index contributed by atoms with van der Waals surface area (Å²) in [7, 11) is -3.01. The number of hydrogen-bond donors (Lipinski definition) is 3. The molecule has 23 nitrogen and oxygen atoms in total. The van der Waals surface area contributed by atoms with E-state index in [0.29, 0.717) is 11.1 Å². The number of ketones is 1. The molecule has 2 bridgehead atoms. The third kappa shape index (κ3) is 17.0. The van der Waals surface area contributed by atoms with Crippen LogP contribution in [-0.2, 0) is 87.1 Å². The maximum absolute atomic E-state index is 16.6. The van der Waals surface area contributed by atoms with Gasteiger partial charge in [-0.1, -0.05) is 132 Å². The summed E-state index contributed by atoms with van der Waals surface area (Å²) in [5, 5.41) is 19.6. The molecule has 4 aromatic rings. The predicted octanol–water partition coefficient (Wildman–Crippen LogP) is 8.70. The molecule has 96 heavy (non-hydrogen) atoms. The summed E-state index contributed by atoms with van der Waals surface area (Å²) in [4.78, 5) is 115. The lowest BCUT2D eigenvalue weighted by Gasteiger charge is -2.67. The van der Waals surface area contributed by atoms with E-state index in [2.05, 4.69) is 10.6 Å². The number of carbonyl (C=O) groups excluding carboxylic acids is 8. The highest BCUT2D eigenvalue weighted by Gasteiger charge is 2.79. The van der Waals surface area contributed by atoms with Crippen LogP contribution in [0.1, 0.15) is 119 Å². The van der Waals surface area contributed by atoms with Crippen molar-refractivity contribution in [3.05, 3.63) is 155 Å². The van der Waals surface area contributed by atoms with Crippen molar-refractivity contribution in [1.82, 2.24) is 10.6 Å². The number of nitrogens with one attached hydrogen (secondary N) is 2. The summed E-state index contributed by atoms with van der Waals surface area (Å²) in [5.74, 6) is -7.56. The first-order valence-electron chi connectivity index (χ1n) is 32.5. The lowest BCUT2D eigenvalue weighted by molar-refractivity contribution is -0.346. The highest BCUT2D eigenvalue weighted by atomic mass is 28.4. The van der Waals surface area contributed by atoms with Gasteiger partial charge in [0, 0.05) is 44.2 Å². The molecule has 1 saturated heterocycles. The van der Waals surface area contributed by atoms with Gasteiger partial charge in [-0.2, -0.15) is 0 Å². The van der Waals surface area contributed by atoms with Gasteiger partial charge in [0.1, 0.15) is 36.6 Å². The van der Waals surface area contributed by atoms with Crippen molar-refractivity contribution in [2.45, 2.75) is 160 Å². The molecule has 2 amide bonds. The summed E-state index contributed by atoms with van der Waals surface area (Å²) in [5.41, 5.74) is -6.43. The Kier molecular flexibility index (Phi) is 24.8. The number of alkyl carbamates (subject to hydrolysis) is 1. The van der Waals surface area contributed by atoms with Crippen LogP contribution < -0.4 is 10.6 Å². The van der Waals surface area contributed by atoms with Crippen molar-refractivity contribution in [1.29, 1.82) is 0 Å². The Morgan fingerprint density at radius 1 is 0.698 bits per heavy atom. The van der Waals surface area contributed by atoms with Crippen LogP contribution in [0.3, 0.4) is 0 Å². The maximum Gasteiger partial charge on any atom is 0.407 e. The van der Waals surface area contributed by atoms with E-state index in [1.165, 1.54) is 19.1 Å². The summed E-state index contributed by atoms with van der Waals surface area (Å²) in [6, 6.07) is 33.3. The molecule has 1 aliphatic heterocycles. The lowest BCUT2D eigenvalue weighted by atomic mass is 9.44. The Balaban J connectivity index is 1.06. The van der Waals surface area contributed by atoms with Crippen LogP contribution in [0.4, 0.5) is 4.79 Å². The largest absolute Gasteiger partial charge is 0.461 e. The summed E-state index contributed by atoms with van der Waals surface area (Å²) in [6.07, 6.45) is -11.2. The lowest BCUT2D eigenvalue weighted by Crippen LogP contribution is -2.82. The van der Waals surface area contributed by atoms with E-state index in [0.717, 1.165) is 19.4 Å². The standard InChI is InChI=1S/C72H92N2O21Si/c1-46-53(91-66(81)60(95-96(10,11)68(4,5)6)58(50-26-18-13-19-27-50)74-64(79)51-28-20-14-21-29-51)43-72(83)63(93-65(80)52-30-22-15-23-31-52)61-70(9,62(78)59(90-47(2)75)57(46)69(72,7)8)54(42-55-71(61,45-89-55)94-48(3)76)92-56(77)32-34-84-36-38-86-40-41-87-39-37-85-35-33-73-67(82)88-44-49-24-16-12-17-25-49/h12-31,53-55,58-61,63,83H,32-45H2,1-11H3,(H,73,82)(H,74,79)/t53-,54-,55+,58-,59+,60+,61?,63-,70+,71-,72+/m0/s1. The van der Waals surface area contributed by atoms with Crippen molar-refractivity contribution < 1.29 is 100.0 Å². The number of esters is 5. The third-order valence-corrected chi connectivity index (χ3v) is 23.7. The van der Waals surface area contributed by atoms with Crippen molar-refractivity contribution in [2.24, 2.45) is 16.7 Å². The van der Waals surface area contributed by atoms with E-state index in [1.807, 2.05) is 64.2 Å². The Labute approximate surface area is 561 Å². The molecule has 0 radical (unpaired) electrons. The molecule has 8 rings (SSSR count). The van der Waals surface area contributed by atoms with Crippen molar-refractivity contribution >= 4 is 55.9 Å². The Morgan fingerprint density at radius 3 is 1.80 bits per heavy atom. The zero-order chi connectivity index (χ0) is 69.6. The number of hydrogen-bond acceptors (Lipinski definition) is 21. The molecular formula is C72H92N2O21Si. The molecule has 4 aromatic carbocycles. The van der Waals surface area contributed by atoms with E-state index < -0.39 is 138 Å². The average Bonchev–Trinajstić information content (AvgIpc) is 0.668. The summed E-state index contributed by atoms with van der Waals surface area (Å²) < 4.78 is 73.3. The number of fused-ring (bicyclic) bond motifs is 5. The number of benzene rings is 4. The van der Waals surface area contributed by atoms with E-state index in [9.17, 15) is 33.9 Å². The predicted molar refractivity (Wildman–Crippen MR) is 350 cm³/mol. The molecule has 2 saturated carbocycles. The van der Waals surface area contributed by atoms with Gasteiger partial charge in [0.2, 0.25) is 0 Å². The highest BCUT2D eigenvalue weighted by molar-refractivity contribution is 6.74. The summed E-state index contributed by atoms with van der Waals surface area (Å²) >= 11 is 0. The van der Waals surface area contributed by atoms with Gasteiger partial charge >= 0.3 is 35.9 Å². The topological polar surface area (TPSA) is 292 Å². The quantitative estimate of drug-likeness (QED) is 0.0145. The number of amides is 2. The zero-order valence-corrected chi connectivity index (χ0v) is 57.7. The Morgan fingerprint density at radius 2 is 1.25 bits per heavy atom. The van der Waals surface area contributed by atoms with Gasteiger partial charge < -0.3 is 72.3 Å². The van der Waals surface area contributed by atoms with Gasteiger partial charge in [0.25, 0.3) is 5.91 Å². The molecule has 24 heteroatoms. The Bertz CT molecular complexity index is 3380. The van der Waals surface area contributed by atoms with Gasteiger partial charge in [0.15, 0.2) is 31.9 Å². The fourth-order valence-electron chi connectivity index (χ4n) is 13.1. The molecule has 1 heterocycles. The first kappa shape index (κ1) is 74.1. The van der Waals surface area contributed by atoms with Gasteiger partial charge in [0.05, 0.1) is 88.8 Å². The fraction of sp³-hybridized carbons (Fsp3) is 0.528. The SMILES string of the molecule is CC(=O)O[C@H]1C(=O)[C@@]2(C)C([C@H](OC(=O)c3ccccc3)[C@]3(O)C[C@H](OC(=O)[C@H](O[Si](C)(C)C(C)(C)C)[C@@H](NC(=O)c4ccccc4)c4ccccc4)C(C)=C1C3(C)C)[C@]1(OC(C)=O)CO[C@@H]1C[C@@H]2OC(=O)CCOCCOCCOCCOCCNC(=O)OCc1ccccc1. The van der Waals surface area contributed by atoms with Crippen LogP contribution >= 0.6 is 0 Å². The maximum atomic E-state index is 16.6. The number of rotatable bonds is 30. The van der Waals surface area contributed by atoms with Crippen molar-refractivity contribution in [2.75, 3.05) is 66.0 Å². The minimum atomic E-state index is -3.01. The van der Waals surface area contributed by atoms with Crippen LogP contribution in [0.5, 0.6) is 0 Å².